The van der Waals surface area contributed by atoms with Crippen LogP contribution in [0.25, 0.3) is 0 Å². The van der Waals surface area contributed by atoms with Gasteiger partial charge in [-0.15, -0.1) is 0 Å². The summed E-state index contributed by atoms with van der Waals surface area (Å²) in [7, 11) is -3.70. The molecule has 1 saturated carbocycles. The molecular formula is C17H24O6S. The Balaban J connectivity index is 1.74. The summed E-state index contributed by atoms with van der Waals surface area (Å²) in [5.41, 5.74) is 0.998. The molecule has 2 rings (SSSR count). The summed E-state index contributed by atoms with van der Waals surface area (Å²) in [5, 5.41) is 8.54. The Labute approximate surface area is 142 Å². The molecule has 1 N–H and O–H groups in total. The molecule has 1 aromatic carbocycles. The summed E-state index contributed by atoms with van der Waals surface area (Å²) in [6.07, 6.45) is 3.53. The number of carboxylic acids is 1. The van der Waals surface area contributed by atoms with E-state index in [9.17, 15) is 13.2 Å². The first-order chi connectivity index (χ1) is 11.4. The van der Waals surface area contributed by atoms with E-state index >= 15 is 0 Å². The van der Waals surface area contributed by atoms with Crippen LogP contribution in [0, 0.1) is 18.8 Å². The second-order valence-corrected chi connectivity index (χ2v) is 7.96. The number of hydrogen-bond donors (Lipinski definition) is 1. The van der Waals surface area contributed by atoms with Gasteiger partial charge in [0.05, 0.1) is 18.1 Å². The van der Waals surface area contributed by atoms with Gasteiger partial charge >= 0.3 is 5.97 Å². The second-order valence-electron chi connectivity index (χ2n) is 6.35. The van der Waals surface area contributed by atoms with Gasteiger partial charge in [0.15, 0.2) is 0 Å². The van der Waals surface area contributed by atoms with Crippen LogP contribution in [0.5, 0.6) is 0 Å². The molecule has 0 spiro atoms. The zero-order valence-corrected chi connectivity index (χ0v) is 14.6. The van der Waals surface area contributed by atoms with E-state index < -0.39 is 16.1 Å². The first-order valence-corrected chi connectivity index (χ1v) is 9.53. The van der Waals surface area contributed by atoms with Crippen molar-refractivity contribution < 1.29 is 27.2 Å². The smallest absolute Gasteiger partial charge is 0.329 e. The zero-order valence-electron chi connectivity index (χ0n) is 13.8. The lowest BCUT2D eigenvalue weighted by molar-refractivity contribution is -0.142. The van der Waals surface area contributed by atoms with E-state index in [4.69, 9.17) is 14.0 Å². The van der Waals surface area contributed by atoms with Crippen LogP contribution in [0.4, 0.5) is 0 Å². The van der Waals surface area contributed by atoms with Crippen molar-refractivity contribution in [2.45, 2.75) is 37.5 Å². The molecule has 134 valence electrons. The van der Waals surface area contributed by atoms with Gasteiger partial charge in [-0.1, -0.05) is 17.7 Å². The van der Waals surface area contributed by atoms with E-state index in [-0.39, 0.29) is 24.0 Å². The monoisotopic (exact) mass is 356 g/mol. The molecule has 6 nitrogen and oxygen atoms in total. The topological polar surface area (TPSA) is 89.9 Å². The molecule has 1 aromatic rings. The Hall–Kier alpha value is -1.44. The molecule has 7 heteroatoms. The number of aryl methyl sites for hydroxylation is 1. The fraction of sp³-hybridized carbons (Fsp3) is 0.588. The fourth-order valence-corrected chi connectivity index (χ4v) is 3.81. The number of aliphatic carboxylic acids is 1. The summed E-state index contributed by atoms with van der Waals surface area (Å²) in [6.45, 7) is 2.27. The fourth-order valence-electron chi connectivity index (χ4n) is 2.84. The lowest BCUT2D eigenvalue weighted by Crippen LogP contribution is -2.23. The van der Waals surface area contributed by atoms with Crippen molar-refractivity contribution in [3.63, 3.8) is 0 Å². The number of carboxylic acid groups (broad SMARTS) is 1. The van der Waals surface area contributed by atoms with E-state index in [1.807, 2.05) is 6.92 Å². The largest absolute Gasteiger partial charge is 0.480 e. The normalized spacial score (nSPS) is 21.5. The molecule has 0 aliphatic heterocycles. The van der Waals surface area contributed by atoms with E-state index in [1.165, 1.54) is 0 Å². The Kier molecular flexibility index (Phi) is 6.77. The molecule has 0 heterocycles. The lowest BCUT2D eigenvalue weighted by atomic mass is 9.83. The number of ether oxygens (including phenoxy) is 1. The molecule has 1 fully saturated rings. The van der Waals surface area contributed by atoms with Gasteiger partial charge in [0.1, 0.15) is 6.61 Å². The van der Waals surface area contributed by atoms with Gasteiger partial charge in [-0.25, -0.2) is 4.79 Å². The molecular weight excluding hydrogens is 332 g/mol. The van der Waals surface area contributed by atoms with Crippen LogP contribution in [0.1, 0.15) is 31.2 Å². The van der Waals surface area contributed by atoms with Crippen LogP contribution in [0.3, 0.4) is 0 Å². The SMILES string of the molecule is Cc1ccc(S(=O)(=O)OC[C@H]2CC[C@H](COCC(=O)O)CC2)cc1. The summed E-state index contributed by atoms with van der Waals surface area (Å²) in [5.74, 6) is -0.409. The Bertz CT molecular complexity index is 630. The van der Waals surface area contributed by atoms with Crippen LogP contribution in [-0.2, 0) is 23.8 Å². The van der Waals surface area contributed by atoms with Crippen LogP contribution in [0.15, 0.2) is 29.2 Å². The molecule has 1 aliphatic rings. The first kappa shape index (κ1) is 18.9. The Morgan fingerprint density at radius 3 is 2.17 bits per heavy atom. The third-order valence-electron chi connectivity index (χ3n) is 4.31. The van der Waals surface area contributed by atoms with Crippen LogP contribution in [0.2, 0.25) is 0 Å². The van der Waals surface area contributed by atoms with Crippen molar-refractivity contribution in [2.24, 2.45) is 11.8 Å². The van der Waals surface area contributed by atoms with E-state index in [1.54, 1.807) is 24.3 Å². The maximum absolute atomic E-state index is 12.2. The Morgan fingerprint density at radius 1 is 1.08 bits per heavy atom. The van der Waals surface area contributed by atoms with Gasteiger partial charge < -0.3 is 9.84 Å². The summed E-state index contributed by atoms with van der Waals surface area (Å²) >= 11 is 0. The molecule has 1 aliphatic carbocycles. The predicted molar refractivity (Wildman–Crippen MR) is 88.2 cm³/mol. The first-order valence-electron chi connectivity index (χ1n) is 8.12. The van der Waals surface area contributed by atoms with Gasteiger partial charge in [0.25, 0.3) is 10.1 Å². The third-order valence-corrected chi connectivity index (χ3v) is 5.61. The van der Waals surface area contributed by atoms with Gasteiger partial charge in [0.2, 0.25) is 0 Å². The summed E-state index contributed by atoms with van der Waals surface area (Å²) in [6, 6.07) is 6.61. The molecule has 0 bridgehead atoms. The number of carbonyl (C=O) groups is 1. The minimum Gasteiger partial charge on any atom is -0.480 e. The van der Waals surface area contributed by atoms with Gasteiger partial charge in [-0.2, -0.15) is 8.42 Å². The van der Waals surface area contributed by atoms with Gasteiger partial charge in [-0.05, 0) is 56.6 Å². The molecule has 0 saturated heterocycles. The maximum Gasteiger partial charge on any atom is 0.329 e. The quantitative estimate of drug-likeness (QED) is 0.720. The van der Waals surface area contributed by atoms with Crippen molar-refractivity contribution >= 4 is 16.1 Å². The minimum atomic E-state index is -3.70. The average Bonchev–Trinajstić information content (AvgIpc) is 2.54. The Morgan fingerprint density at radius 2 is 1.62 bits per heavy atom. The number of hydrogen-bond acceptors (Lipinski definition) is 5. The van der Waals surface area contributed by atoms with Gasteiger partial charge in [-0.3, -0.25) is 4.18 Å². The summed E-state index contributed by atoms with van der Waals surface area (Å²) < 4.78 is 34.6. The van der Waals surface area contributed by atoms with Crippen LogP contribution in [-0.4, -0.2) is 39.3 Å². The molecule has 24 heavy (non-hydrogen) atoms. The average molecular weight is 356 g/mol. The molecule has 0 aromatic heterocycles. The van der Waals surface area contributed by atoms with E-state index in [2.05, 4.69) is 0 Å². The van der Waals surface area contributed by atoms with Gasteiger partial charge in [0, 0.05) is 0 Å². The third kappa shape index (κ3) is 5.89. The number of benzene rings is 1. The minimum absolute atomic E-state index is 0.184. The van der Waals surface area contributed by atoms with E-state index in [0.29, 0.717) is 12.5 Å². The van der Waals surface area contributed by atoms with Crippen LogP contribution < -0.4 is 0 Å². The number of rotatable bonds is 8. The highest BCUT2D eigenvalue weighted by Gasteiger charge is 2.24. The highest BCUT2D eigenvalue weighted by molar-refractivity contribution is 7.86. The van der Waals surface area contributed by atoms with Crippen molar-refractivity contribution in [2.75, 3.05) is 19.8 Å². The molecule has 0 unspecified atom stereocenters. The van der Waals surface area contributed by atoms with Crippen molar-refractivity contribution in [1.82, 2.24) is 0 Å². The maximum atomic E-state index is 12.2. The highest BCUT2D eigenvalue weighted by Crippen LogP contribution is 2.30. The standard InChI is InChI=1S/C17H24O6S/c1-13-2-8-16(9-3-13)24(20,21)23-11-15-6-4-14(5-7-15)10-22-12-17(18)19/h2-3,8-9,14-15H,4-7,10-12H2,1H3,(H,18,19)/t14-,15-. The highest BCUT2D eigenvalue weighted by atomic mass is 32.2. The predicted octanol–water partition coefficient (Wildman–Crippen LogP) is 2.61. The zero-order chi connectivity index (χ0) is 17.6. The van der Waals surface area contributed by atoms with Crippen molar-refractivity contribution in [3.05, 3.63) is 29.8 Å². The van der Waals surface area contributed by atoms with Crippen molar-refractivity contribution in [1.29, 1.82) is 0 Å². The molecule has 0 amide bonds. The summed E-state index contributed by atoms with van der Waals surface area (Å²) in [4.78, 5) is 10.6. The van der Waals surface area contributed by atoms with Crippen molar-refractivity contribution in [3.8, 4) is 0 Å². The van der Waals surface area contributed by atoms with E-state index in [0.717, 1.165) is 31.2 Å². The molecule has 0 atom stereocenters. The lowest BCUT2D eigenvalue weighted by Gasteiger charge is -2.27. The molecule has 0 radical (unpaired) electrons. The second kappa shape index (κ2) is 8.60. The van der Waals surface area contributed by atoms with Crippen LogP contribution >= 0.6 is 0 Å².